The summed E-state index contributed by atoms with van der Waals surface area (Å²) in [6, 6.07) is 5.26. The van der Waals surface area contributed by atoms with Gasteiger partial charge >= 0.3 is 5.69 Å². The molecule has 0 aromatic carbocycles. The maximum Gasteiger partial charge on any atom is 0.348 e. The van der Waals surface area contributed by atoms with Gasteiger partial charge in [0.1, 0.15) is 12.1 Å². The Kier molecular flexibility index (Phi) is 3.33. The fourth-order valence-electron chi connectivity index (χ4n) is 1.34. The summed E-state index contributed by atoms with van der Waals surface area (Å²) in [6.45, 7) is 1.81. The minimum Gasteiger partial charge on any atom is -0.319 e. The van der Waals surface area contributed by atoms with Crippen molar-refractivity contribution < 1.29 is 4.92 Å². The number of pyridine rings is 1. The van der Waals surface area contributed by atoms with Crippen molar-refractivity contribution in [3.63, 3.8) is 0 Å². The largest absolute Gasteiger partial charge is 0.348 e. The third-order valence-electron chi connectivity index (χ3n) is 2.09. The van der Waals surface area contributed by atoms with Crippen LogP contribution in [0.25, 0.3) is 0 Å². The first-order valence-electron chi connectivity index (χ1n) is 4.93. The summed E-state index contributed by atoms with van der Waals surface area (Å²) in [4.78, 5) is 21.8. The van der Waals surface area contributed by atoms with E-state index in [0.29, 0.717) is 5.82 Å². The third-order valence-corrected chi connectivity index (χ3v) is 2.37. The lowest BCUT2D eigenvalue weighted by Gasteiger charge is -2.05. The lowest BCUT2D eigenvalue weighted by atomic mass is 10.3. The lowest BCUT2D eigenvalue weighted by molar-refractivity contribution is -0.384. The molecule has 0 aliphatic heterocycles. The standard InChI is InChI=1S/C10H8ClN5O2/c1-6-3-2-4-7(14-6)15-10-8(16(17)18)9(11)12-5-13-10/h2-5H,1H3,(H,12,13,14,15). The van der Waals surface area contributed by atoms with Crippen molar-refractivity contribution >= 4 is 28.9 Å². The fourth-order valence-corrected chi connectivity index (χ4v) is 1.55. The van der Waals surface area contributed by atoms with Gasteiger partial charge in [-0.2, -0.15) is 0 Å². The van der Waals surface area contributed by atoms with Gasteiger partial charge in [0.2, 0.25) is 11.0 Å². The Hall–Kier alpha value is -2.28. The van der Waals surface area contributed by atoms with E-state index in [0.717, 1.165) is 12.0 Å². The number of hydrogen-bond donors (Lipinski definition) is 1. The molecule has 0 aliphatic rings. The van der Waals surface area contributed by atoms with E-state index in [9.17, 15) is 10.1 Å². The number of hydrogen-bond acceptors (Lipinski definition) is 6. The van der Waals surface area contributed by atoms with Gasteiger partial charge in [-0.15, -0.1) is 0 Å². The van der Waals surface area contributed by atoms with Gasteiger partial charge in [0.25, 0.3) is 0 Å². The van der Waals surface area contributed by atoms with Gasteiger partial charge < -0.3 is 5.32 Å². The molecule has 0 spiro atoms. The van der Waals surface area contributed by atoms with E-state index in [1.165, 1.54) is 0 Å². The molecule has 0 saturated carbocycles. The maximum absolute atomic E-state index is 10.9. The van der Waals surface area contributed by atoms with Crippen molar-refractivity contribution in [1.82, 2.24) is 15.0 Å². The van der Waals surface area contributed by atoms with Crippen molar-refractivity contribution in [3.05, 3.63) is 45.5 Å². The van der Waals surface area contributed by atoms with Crippen molar-refractivity contribution in [1.29, 1.82) is 0 Å². The molecule has 18 heavy (non-hydrogen) atoms. The third kappa shape index (κ3) is 2.51. The highest BCUT2D eigenvalue weighted by Gasteiger charge is 2.21. The molecular formula is C10H8ClN5O2. The number of aromatic nitrogens is 3. The zero-order chi connectivity index (χ0) is 13.1. The van der Waals surface area contributed by atoms with Gasteiger partial charge in [-0.1, -0.05) is 17.7 Å². The molecule has 7 nitrogen and oxygen atoms in total. The zero-order valence-electron chi connectivity index (χ0n) is 9.29. The molecule has 0 radical (unpaired) electrons. The van der Waals surface area contributed by atoms with E-state index >= 15 is 0 Å². The highest BCUT2D eigenvalue weighted by molar-refractivity contribution is 6.31. The molecule has 0 saturated heterocycles. The number of nitrogens with zero attached hydrogens (tertiary/aromatic N) is 4. The van der Waals surface area contributed by atoms with Crippen LogP contribution in [-0.2, 0) is 0 Å². The molecule has 8 heteroatoms. The minimum absolute atomic E-state index is 0.0121. The van der Waals surface area contributed by atoms with Gasteiger partial charge in [0.15, 0.2) is 0 Å². The summed E-state index contributed by atoms with van der Waals surface area (Å²) in [7, 11) is 0. The van der Waals surface area contributed by atoms with E-state index < -0.39 is 4.92 Å². The minimum atomic E-state index is -0.638. The molecule has 2 rings (SSSR count). The maximum atomic E-state index is 10.9. The second kappa shape index (κ2) is 4.92. The molecular weight excluding hydrogens is 258 g/mol. The van der Waals surface area contributed by atoms with Crippen molar-refractivity contribution in [2.24, 2.45) is 0 Å². The molecule has 0 atom stereocenters. The molecule has 0 aliphatic carbocycles. The monoisotopic (exact) mass is 265 g/mol. The Balaban J connectivity index is 2.40. The summed E-state index contributed by atoms with van der Waals surface area (Å²) in [5, 5.41) is 13.4. The Morgan fingerprint density at radius 1 is 1.39 bits per heavy atom. The van der Waals surface area contributed by atoms with Crippen molar-refractivity contribution in [2.45, 2.75) is 6.92 Å². The van der Waals surface area contributed by atoms with Crippen LogP contribution in [0.15, 0.2) is 24.5 Å². The number of nitro groups is 1. The Morgan fingerprint density at radius 3 is 2.83 bits per heavy atom. The molecule has 0 amide bonds. The van der Waals surface area contributed by atoms with Crippen LogP contribution in [0.4, 0.5) is 17.3 Å². The summed E-state index contributed by atoms with van der Waals surface area (Å²) >= 11 is 5.67. The SMILES string of the molecule is Cc1cccc(Nc2ncnc(Cl)c2[N+](=O)[O-])n1. The van der Waals surface area contributed by atoms with Crippen LogP contribution >= 0.6 is 11.6 Å². The summed E-state index contributed by atoms with van der Waals surface area (Å²) in [5.41, 5.74) is 0.408. The quantitative estimate of drug-likeness (QED) is 0.520. The predicted octanol–water partition coefficient (Wildman–Crippen LogP) is 2.49. The molecule has 0 unspecified atom stereocenters. The van der Waals surface area contributed by atoms with E-state index in [-0.39, 0.29) is 16.7 Å². The van der Waals surface area contributed by atoms with E-state index in [4.69, 9.17) is 11.6 Å². The Bertz CT molecular complexity index is 605. The van der Waals surface area contributed by atoms with Crippen LogP contribution in [0.5, 0.6) is 0 Å². The molecule has 1 N–H and O–H groups in total. The molecule has 92 valence electrons. The zero-order valence-corrected chi connectivity index (χ0v) is 10.0. The van der Waals surface area contributed by atoms with Crippen LogP contribution in [-0.4, -0.2) is 19.9 Å². The lowest BCUT2D eigenvalue weighted by Crippen LogP contribution is -2.02. The highest BCUT2D eigenvalue weighted by atomic mass is 35.5. The summed E-state index contributed by atoms with van der Waals surface area (Å²) < 4.78 is 0. The summed E-state index contributed by atoms with van der Waals surface area (Å²) in [5.74, 6) is 0.464. The Morgan fingerprint density at radius 2 is 2.17 bits per heavy atom. The van der Waals surface area contributed by atoms with Gasteiger partial charge in [0.05, 0.1) is 4.92 Å². The van der Waals surface area contributed by atoms with Crippen LogP contribution in [0, 0.1) is 17.0 Å². The van der Waals surface area contributed by atoms with Crippen molar-refractivity contribution in [2.75, 3.05) is 5.32 Å². The Labute approximate surface area is 107 Å². The fraction of sp³-hybridized carbons (Fsp3) is 0.100. The average molecular weight is 266 g/mol. The van der Waals surface area contributed by atoms with Crippen LogP contribution in [0.2, 0.25) is 5.15 Å². The van der Waals surface area contributed by atoms with E-state index in [2.05, 4.69) is 20.3 Å². The second-order valence-corrected chi connectivity index (χ2v) is 3.77. The predicted molar refractivity (Wildman–Crippen MR) is 66.0 cm³/mol. The van der Waals surface area contributed by atoms with Gasteiger partial charge in [0, 0.05) is 5.69 Å². The van der Waals surface area contributed by atoms with Gasteiger partial charge in [-0.3, -0.25) is 10.1 Å². The average Bonchev–Trinajstić information content (AvgIpc) is 2.28. The first-order valence-corrected chi connectivity index (χ1v) is 5.31. The van der Waals surface area contributed by atoms with Gasteiger partial charge in [-0.05, 0) is 19.1 Å². The highest BCUT2D eigenvalue weighted by Crippen LogP contribution is 2.29. The number of aryl methyl sites for hydroxylation is 1. The van der Waals surface area contributed by atoms with E-state index in [1.54, 1.807) is 12.1 Å². The smallest absolute Gasteiger partial charge is 0.319 e. The van der Waals surface area contributed by atoms with Crippen LogP contribution in [0.3, 0.4) is 0 Å². The second-order valence-electron chi connectivity index (χ2n) is 3.41. The summed E-state index contributed by atoms with van der Waals surface area (Å²) in [6.07, 6.45) is 1.15. The van der Waals surface area contributed by atoms with Crippen LogP contribution < -0.4 is 5.32 Å². The van der Waals surface area contributed by atoms with E-state index in [1.807, 2.05) is 13.0 Å². The van der Waals surface area contributed by atoms with Crippen molar-refractivity contribution in [3.8, 4) is 0 Å². The molecule has 0 bridgehead atoms. The number of anilines is 2. The van der Waals surface area contributed by atoms with Crippen LogP contribution in [0.1, 0.15) is 5.69 Å². The topological polar surface area (TPSA) is 93.8 Å². The molecule has 2 aromatic rings. The molecule has 0 fully saturated rings. The van der Waals surface area contributed by atoms with Gasteiger partial charge in [-0.25, -0.2) is 15.0 Å². The molecule has 2 aromatic heterocycles. The molecule has 2 heterocycles. The number of halogens is 1. The first-order chi connectivity index (χ1) is 8.58. The first kappa shape index (κ1) is 12.2. The number of rotatable bonds is 3. The normalized spacial score (nSPS) is 10.1. The number of nitrogens with one attached hydrogen (secondary N) is 1.